The molecular formula is C36H14O34Zn. The predicted molar refractivity (Wildman–Crippen MR) is 196 cm³/mol. The molecule has 14 N–H and O–H groups in total. The van der Waals surface area contributed by atoms with Gasteiger partial charge in [-0.05, 0) is 0 Å². The summed E-state index contributed by atoms with van der Waals surface area (Å²) in [5.74, 6) is -52.9. The van der Waals surface area contributed by atoms with Gasteiger partial charge in [0.2, 0.25) is 0 Å². The largest absolute Gasteiger partial charge is 0.478 e. The van der Waals surface area contributed by atoms with Crippen molar-refractivity contribution in [3.63, 3.8) is 0 Å². The van der Waals surface area contributed by atoms with Gasteiger partial charge < -0.3 is 81.0 Å². The van der Waals surface area contributed by atoms with E-state index in [0.717, 1.165) is 0 Å². The maximum atomic E-state index is 14.0. The average Bonchev–Trinajstić information content (AvgIpc) is 3.21. The maximum Gasteiger partial charge on any atom is 0.347 e. The van der Waals surface area contributed by atoms with Gasteiger partial charge in [0.25, 0.3) is 0 Å². The number of carboxylic acid groups (broad SMARTS) is 14. The van der Waals surface area contributed by atoms with Gasteiger partial charge in [-0.1, -0.05) is 0 Å². The Morgan fingerprint density at radius 2 is 0.239 bits per heavy atom. The van der Waals surface area contributed by atoms with Crippen LogP contribution in [0.4, 0.5) is 0 Å². The summed E-state index contributed by atoms with van der Waals surface area (Å²) in [6, 6.07) is 0. The molecule has 0 aliphatic heterocycles. The van der Waals surface area contributed by atoms with Crippen molar-refractivity contribution < 1.29 is 187 Å². The summed E-state index contributed by atoms with van der Waals surface area (Å²) in [6.45, 7) is 0. The van der Waals surface area contributed by atoms with Crippen molar-refractivity contribution in [2.75, 3.05) is 0 Å². The molecule has 0 saturated heterocycles. The second-order valence-electron chi connectivity index (χ2n) is 12.4. The topological polar surface area (TPSA) is 609 Å². The molecule has 0 saturated carbocycles. The zero-order valence-electron chi connectivity index (χ0n) is 33.1. The third-order valence-electron chi connectivity index (χ3n) is 8.68. The van der Waals surface area contributed by atoms with E-state index in [2.05, 4.69) is 9.47 Å². The summed E-state index contributed by atoms with van der Waals surface area (Å²) in [4.78, 5) is 228. The first kappa shape index (κ1) is 56.3. The van der Waals surface area contributed by atoms with Crippen LogP contribution in [-0.2, 0) is 29.0 Å². The Morgan fingerprint density at radius 1 is 0.169 bits per heavy atom. The number of esters is 4. The second kappa shape index (κ2) is 20.3. The SMILES string of the molecule is O=C(O)c1c(C(=O)O)c(C(=O)O)c(C(=O)OC(=O)c2c(C(=O)O)c(C(=O)O)c(C(=O)O)c(C(=O)O)c2C(=O)OC(=O)c2c(C(=O)O)c(C(=O)O)c(C(=O)O)c(C(=O)O)c2C(=O)O)c(C(=O)O)c1C(=O)O.[Zn]. The van der Waals surface area contributed by atoms with Crippen LogP contribution in [-0.4, -0.2) is 179 Å². The summed E-state index contributed by atoms with van der Waals surface area (Å²) in [7, 11) is 0. The van der Waals surface area contributed by atoms with Crippen molar-refractivity contribution in [1.82, 2.24) is 0 Å². The van der Waals surface area contributed by atoms with Crippen molar-refractivity contribution in [2.45, 2.75) is 0 Å². The molecule has 0 radical (unpaired) electrons. The fourth-order valence-electron chi connectivity index (χ4n) is 6.43. The van der Waals surface area contributed by atoms with Gasteiger partial charge in [-0.15, -0.1) is 0 Å². The molecule has 0 spiro atoms. The molecule has 3 aromatic rings. The van der Waals surface area contributed by atoms with Gasteiger partial charge in [-0.3, -0.25) is 0 Å². The zero-order chi connectivity index (χ0) is 54.2. The first-order valence-corrected chi connectivity index (χ1v) is 16.6. The molecule has 0 bridgehead atoms. The number of carboxylic acids is 14. The van der Waals surface area contributed by atoms with E-state index in [9.17, 15) is 158 Å². The fraction of sp³-hybridized carbons (Fsp3) is 0. The summed E-state index contributed by atoms with van der Waals surface area (Å²) in [5, 5.41) is 137. The number of ether oxygens (including phenoxy) is 2. The monoisotopic (exact) mass is 1050 g/mol. The van der Waals surface area contributed by atoms with Crippen LogP contribution in [0.15, 0.2) is 0 Å². The van der Waals surface area contributed by atoms with Gasteiger partial charge in [0.1, 0.15) is 0 Å². The standard InChI is InChI=1S/C36H14O34.Zn/c37-19(38)1-3(21(41)42)9(27(53)54)15(10(28(55)56)4(1)22(43)44)33(65)69-35(67)17-13(31(61)62)7(25(49)50)8(26(51)52)14(32(63)64)18(17)36(68)70-34(66)16-11(29(57)58)5(23(45)46)2(20(39)40)6(24(47)48)12(16)30(59)60;/h(H,37,38)(H,39,40)(H,41,42)(H,43,44)(H,45,46)(H,47,48)(H,49,50)(H,51,52)(H,53,54)(H,55,56)(H,57,58)(H,59,60)(H,61,62)(H,63,64);. The molecule has 3 aromatic carbocycles. The molecule has 0 atom stereocenters. The number of carbonyl (C=O) groups excluding carboxylic acids is 4. The zero-order valence-corrected chi connectivity index (χ0v) is 36.1. The molecule has 364 valence electrons. The summed E-state index contributed by atoms with van der Waals surface area (Å²) in [6.07, 6.45) is 0. The third-order valence-corrected chi connectivity index (χ3v) is 8.68. The maximum absolute atomic E-state index is 14.0. The minimum atomic E-state index is -3.21. The molecular weight excluding hydrogens is 1040 g/mol. The van der Waals surface area contributed by atoms with Crippen molar-refractivity contribution >= 4 is 107 Å². The van der Waals surface area contributed by atoms with Gasteiger partial charge in [-0.2, -0.15) is 0 Å². The normalized spacial score (nSPS) is 10.3. The van der Waals surface area contributed by atoms with Crippen LogP contribution in [0.1, 0.15) is 186 Å². The third kappa shape index (κ3) is 9.69. The minimum absolute atomic E-state index is 0. The fourth-order valence-corrected chi connectivity index (χ4v) is 6.43. The molecule has 0 heterocycles. The average molecular weight is 1060 g/mol. The van der Waals surface area contributed by atoms with Crippen molar-refractivity contribution in [2.24, 2.45) is 0 Å². The Bertz CT molecular complexity index is 2880. The van der Waals surface area contributed by atoms with Gasteiger partial charge in [0.15, 0.2) is 0 Å². The Balaban J connectivity index is 0.0000173. The molecule has 35 heteroatoms. The Morgan fingerprint density at radius 3 is 0.324 bits per heavy atom. The van der Waals surface area contributed by atoms with Gasteiger partial charge in [-0.25, -0.2) is 86.3 Å². The first-order chi connectivity index (χ1) is 32.1. The van der Waals surface area contributed by atoms with Gasteiger partial charge >= 0.3 is 107 Å². The smallest absolute Gasteiger partial charge is 0.347 e. The van der Waals surface area contributed by atoms with Crippen LogP contribution >= 0.6 is 0 Å². The van der Waals surface area contributed by atoms with Crippen molar-refractivity contribution in [3.05, 3.63) is 100 Å². The molecule has 0 amide bonds. The van der Waals surface area contributed by atoms with Crippen LogP contribution in [0.3, 0.4) is 0 Å². The number of hydrogen-bond acceptors (Lipinski definition) is 20. The molecule has 0 aliphatic rings. The number of carbonyl (C=O) groups is 18. The van der Waals surface area contributed by atoms with Crippen molar-refractivity contribution in [1.29, 1.82) is 0 Å². The number of hydrogen-bond donors (Lipinski definition) is 14. The Hall–Kier alpha value is -10.9. The van der Waals surface area contributed by atoms with Crippen molar-refractivity contribution in [3.8, 4) is 0 Å². The Kier molecular flexibility index (Phi) is 16.1. The quantitative estimate of drug-likeness (QED) is 0.0432. The molecule has 3 rings (SSSR count). The molecule has 0 aromatic heterocycles. The number of rotatable bonds is 18. The van der Waals surface area contributed by atoms with Crippen LogP contribution in [0.25, 0.3) is 0 Å². The van der Waals surface area contributed by atoms with E-state index in [0.29, 0.717) is 0 Å². The Labute approximate surface area is 393 Å². The molecule has 0 fully saturated rings. The van der Waals surface area contributed by atoms with Gasteiger partial charge in [0, 0.05) is 19.5 Å². The molecule has 71 heavy (non-hydrogen) atoms. The van der Waals surface area contributed by atoms with Crippen LogP contribution in [0.5, 0.6) is 0 Å². The van der Waals surface area contributed by atoms with E-state index >= 15 is 0 Å². The molecule has 34 nitrogen and oxygen atoms in total. The number of aromatic carboxylic acids is 14. The van der Waals surface area contributed by atoms with E-state index in [1.165, 1.54) is 0 Å². The first-order valence-electron chi connectivity index (χ1n) is 16.6. The minimum Gasteiger partial charge on any atom is -0.478 e. The number of benzene rings is 3. The van der Waals surface area contributed by atoms with E-state index in [-0.39, 0.29) is 19.5 Å². The predicted octanol–water partition coefficient (Wildman–Crippen LogP) is -0.547. The van der Waals surface area contributed by atoms with E-state index < -0.39 is 208 Å². The van der Waals surface area contributed by atoms with E-state index in [1.807, 2.05) is 0 Å². The molecule has 0 unspecified atom stereocenters. The second-order valence-corrected chi connectivity index (χ2v) is 12.4. The van der Waals surface area contributed by atoms with Crippen LogP contribution in [0, 0.1) is 0 Å². The van der Waals surface area contributed by atoms with Gasteiger partial charge in [0.05, 0.1) is 100 Å². The summed E-state index contributed by atoms with van der Waals surface area (Å²) >= 11 is 0. The van der Waals surface area contributed by atoms with Crippen LogP contribution in [0.2, 0.25) is 0 Å². The van der Waals surface area contributed by atoms with E-state index in [4.69, 9.17) is 0 Å². The summed E-state index contributed by atoms with van der Waals surface area (Å²) < 4.78 is 8.33. The molecule has 0 aliphatic carbocycles. The van der Waals surface area contributed by atoms with E-state index in [1.54, 1.807) is 0 Å². The van der Waals surface area contributed by atoms with Crippen LogP contribution < -0.4 is 0 Å². The summed E-state index contributed by atoms with van der Waals surface area (Å²) in [5.41, 5.74) is -43.7.